The highest BCUT2D eigenvalue weighted by molar-refractivity contribution is 5.81. The van der Waals surface area contributed by atoms with Crippen LogP contribution in [0.1, 0.15) is 5.56 Å². The molecule has 4 heteroatoms. The van der Waals surface area contributed by atoms with Crippen molar-refractivity contribution in [2.75, 3.05) is 7.11 Å². The third-order valence-corrected chi connectivity index (χ3v) is 1.81. The standard InChI is InChI=1S/C11H10O2.C4H6O2/c12-11(13)9-5-4-8-10-6-2-1-3-7-10;1-3-4(5)6-2/h1-9H,(H,12,13);3H,1H2,2H3. The summed E-state index contributed by atoms with van der Waals surface area (Å²) in [5.74, 6) is -1.33. The second kappa shape index (κ2) is 10.5. The molecule has 4 nitrogen and oxygen atoms in total. The third kappa shape index (κ3) is 10.3. The van der Waals surface area contributed by atoms with Crippen LogP contribution in [-0.2, 0) is 14.3 Å². The van der Waals surface area contributed by atoms with E-state index < -0.39 is 11.9 Å². The van der Waals surface area contributed by atoms with Gasteiger partial charge in [0.1, 0.15) is 0 Å². The summed E-state index contributed by atoms with van der Waals surface area (Å²) in [7, 11) is 1.31. The first kappa shape index (κ1) is 16.4. The third-order valence-electron chi connectivity index (χ3n) is 1.81. The van der Waals surface area contributed by atoms with Gasteiger partial charge in [0.2, 0.25) is 0 Å². The molecule has 0 aliphatic rings. The van der Waals surface area contributed by atoms with Crippen LogP contribution in [0, 0.1) is 0 Å². The van der Waals surface area contributed by atoms with E-state index in [2.05, 4.69) is 11.3 Å². The van der Waals surface area contributed by atoms with E-state index in [1.807, 2.05) is 36.4 Å². The summed E-state index contributed by atoms with van der Waals surface area (Å²) >= 11 is 0. The quantitative estimate of drug-likeness (QED) is 0.513. The molecule has 0 unspecified atom stereocenters. The summed E-state index contributed by atoms with van der Waals surface area (Å²) in [5.41, 5.74) is 1.05. The molecule has 100 valence electrons. The lowest BCUT2D eigenvalue weighted by Gasteiger charge is -1.87. The van der Waals surface area contributed by atoms with Gasteiger partial charge in [-0.3, -0.25) is 0 Å². The van der Waals surface area contributed by atoms with Crippen molar-refractivity contribution in [2.45, 2.75) is 0 Å². The SMILES string of the molecule is C=CC(=O)OC.O=C(O)C=CC=Cc1ccccc1. The molecular formula is C15H16O4. The monoisotopic (exact) mass is 260 g/mol. The van der Waals surface area contributed by atoms with Gasteiger partial charge in [-0.15, -0.1) is 0 Å². The lowest BCUT2D eigenvalue weighted by Crippen LogP contribution is -1.91. The number of carbonyl (C=O) groups is 2. The first-order valence-corrected chi connectivity index (χ1v) is 5.43. The van der Waals surface area contributed by atoms with Crippen molar-refractivity contribution in [3.05, 3.63) is 66.8 Å². The van der Waals surface area contributed by atoms with E-state index in [1.165, 1.54) is 13.2 Å². The second-order valence-electron chi connectivity index (χ2n) is 3.19. The molecule has 19 heavy (non-hydrogen) atoms. The van der Waals surface area contributed by atoms with Gasteiger partial charge in [0.15, 0.2) is 0 Å². The minimum atomic E-state index is -0.933. The van der Waals surface area contributed by atoms with Crippen molar-refractivity contribution >= 4 is 18.0 Å². The molecule has 0 aliphatic carbocycles. The van der Waals surface area contributed by atoms with Crippen molar-refractivity contribution in [3.8, 4) is 0 Å². The molecule has 0 aliphatic heterocycles. The average Bonchev–Trinajstić information content (AvgIpc) is 2.44. The summed E-state index contributed by atoms with van der Waals surface area (Å²) in [5, 5.41) is 8.29. The van der Waals surface area contributed by atoms with Gasteiger partial charge in [-0.25, -0.2) is 9.59 Å². The van der Waals surface area contributed by atoms with Gasteiger partial charge >= 0.3 is 11.9 Å². The fourth-order valence-corrected chi connectivity index (χ4v) is 0.952. The molecule has 0 bridgehead atoms. The van der Waals surface area contributed by atoms with Crippen LogP contribution in [0.15, 0.2) is 61.2 Å². The van der Waals surface area contributed by atoms with E-state index in [-0.39, 0.29) is 0 Å². The lowest BCUT2D eigenvalue weighted by molar-refractivity contribution is -0.135. The van der Waals surface area contributed by atoms with E-state index >= 15 is 0 Å². The fourth-order valence-electron chi connectivity index (χ4n) is 0.952. The number of methoxy groups -OCH3 is 1. The number of esters is 1. The average molecular weight is 260 g/mol. The number of benzene rings is 1. The van der Waals surface area contributed by atoms with Crippen molar-refractivity contribution in [3.63, 3.8) is 0 Å². The van der Waals surface area contributed by atoms with Gasteiger partial charge in [0.25, 0.3) is 0 Å². The van der Waals surface area contributed by atoms with Crippen molar-refractivity contribution < 1.29 is 19.4 Å². The zero-order valence-electron chi connectivity index (χ0n) is 10.7. The van der Waals surface area contributed by atoms with Gasteiger partial charge < -0.3 is 9.84 Å². The van der Waals surface area contributed by atoms with Gasteiger partial charge in [0, 0.05) is 12.2 Å². The maximum Gasteiger partial charge on any atom is 0.329 e. The van der Waals surface area contributed by atoms with E-state index in [0.29, 0.717) is 0 Å². The van der Waals surface area contributed by atoms with E-state index in [0.717, 1.165) is 17.7 Å². The first-order valence-electron chi connectivity index (χ1n) is 5.43. The van der Waals surface area contributed by atoms with Crippen LogP contribution in [0.5, 0.6) is 0 Å². The number of allylic oxidation sites excluding steroid dienone is 2. The minimum absolute atomic E-state index is 0.394. The Labute approximate surface area is 112 Å². The molecule has 0 radical (unpaired) electrons. The van der Waals surface area contributed by atoms with Crippen LogP contribution in [0.25, 0.3) is 6.08 Å². The molecule has 0 spiro atoms. The minimum Gasteiger partial charge on any atom is -0.478 e. The summed E-state index contributed by atoms with van der Waals surface area (Å²) in [6, 6.07) is 9.70. The summed E-state index contributed by atoms with van der Waals surface area (Å²) in [6.45, 7) is 3.16. The summed E-state index contributed by atoms with van der Waals surface area (Å²) in [6.07, 6.45) is 7.25. The molecule has 0 heterocycles. The van der Waals surface area contributed by atoms with Crippen LogP contribution in [0.2, 0.25) is 0 Å². The van der Waals surface area contributed by atoms with Crippen molar-refractivity contribution in [2.24, 2.45) is 0 Å². The number of carbonyl (C=O) groups excluding carboxylic acids is 1. The highest BCUT2D eigenvalue weighted by atomic mass is 16.5. The molecule has 0 saturated heterocycles. The number of hydrogen-bond donors (Lipinski definition) is 1. The number of carboxylic acids is 1. The maximum atomic E-state index is 10.1. The lowest BCUT2D eigenvalue weighted by atomic mass is 10.2. The first-order chi connectivity index (χ1) is 9.10. The maximum absolute atomic E-state index is 10.1. The zero-order chi connectivity index (χ0) is 14.5. The highest BCUT2D eigenvalue weighted by Gasteiger charge is 1.82. The van der Waals surface area contributed by atoms with Gasteiger partial charge in [-0.05, 0) is 5.56 Å². The molecule has 0 atom stereocenters. The van der Waals surface area contributed by atoms with Crippen molar-refractivity contribution in [1.82, 2.24) is 0 Å². The number of ether oxygens (including phenoxy) is 1. The van der Waals surface area contributed by atoms with Gasteiger partial charge in [-0.1, -0.05) is 55.1 Å². The largest absolute Gasteiger partial charge is 0.478 e. The molecular weight excluding hydrogens is 244 g/mol. The molecule has 1 rings (SSSR count). The molecule has 1 aromatic rings. The summed E-state index contributed by atoms with van der Waals surface area (Å²) < 4.78 is 4.14. The molecule has 1 aromatic carbocycles. The Morgan fingerprint density at radius 1 is 1.21 bits per heavy atom. The smallest absolute Gasteiger partial charge is 0.329 e. The topological polar surface area (TPSA) is 63.6 Å². The second-order valence-corrected chi connectivity index (χ2v) is 3.19. The predicted molar refractivity (Wildman–Crippen MR) is 74.5 cm³/mol. The van der Waals surface area contributed by atoms with E-state index in [1.54, 1.807) is 6.08 Å². The predicted octanol–water partition coefficient (Wildman–Crippen LogP) is 2.69. The Kier molecular flexibility index (Phi) is 9.08. The van der Waals surface area contributed by atoms with E-state index in [4.69, 9.17) is 5.11 Å². The highest BCUT2D eigenvalue weighted by Crippen LogP contribution is 2.00. The molecule has 0 aromatic heterocycles. The van der Waals surface area contributed by atoms with Crippen LogP contribution in [0.3, 0.4) is 0 Å². The number of aliphatic carboxylic acids is 1. The van der Waals surface area contributed by atoms with Crippen LogP contribution < -0.4 is 0 Å². The Bertz CT molecular complexity index is 458. The normalized spacial score (nSPS) is 9.74. The number of rotatable bonds is 4. The Hall–Kier alpha value is -2.62. The Balaban J connectivity index is 0.000000459. The Morgan fingerprint density at radius 2 is 1.84 bits per heavy atom. The van der Waals surface area contributed by atoms with Gasteiger partial charge in [-0.2, -0.15) is 0 Å². The summed E-state index contributed by atoms with van der Waals surface area (Å²) in [4.78, 5) is 19.9. The molecule has 0 saturated carbocycles. The van der Waals surface area contributed by atoms with Gasteiger partial charge in [0.05, 0.1) is 7.11 Å². The molecule has 0 amide bonds. The van der Waals surface area contributed by atoms with Crippen LogP contribution in [0.4, 0.5) is 0 Å². The zero-order valence-corrected chi connectivity index (χ0v) is 10.7. The molecule has 1 N–H and O–H groups in total. The Morgan fingerprint density at radius 3 is 2.26 bits per heavy atom. The van der Waals surface area contributed by atoms with Crippen molar-refractivity contribution in [1.29, 1.82) is 0 Å². The van der Waals surface area contributed by atoms with Crippen LogP contribution >= 0.6 is 0 Å². The molecule has 0 fully saturated rings. The van der Waals surface area contributed by atoms with E-state index in [9.17, 15) is 9.59 Å². The number of carboxylic acid groups (broad SMARTS) is 1. The number of hydrogen-bond acceptors (Lipinski definition) is 3. The fraction of sp³-hybridized carbons (Fsp3) is 0.0667. The van der Waals surface area contributed by atoms with Crippen LogP contribution in [-0.4, -0.2) is 24.2 Å².